The Kier molecular flexibility index (Phi) is 5.98. The van der Waals surface area contributed by atoms with Gasteiger partial charge in [-0.1, -0.05) is 53.1 Å². The maximum Gasteiger partial charge on any atom is 0.217 e. The Morgan fingerprint density at radius 1 is 1.35 bits per heavy atom. The van der Waals surface area contributed by atoms with Gasteiger partial charge in [-0.05, 0) is 11.5 Å². The van der Waals surface area contributed by atoms with E-state index in [1.807, 2.05) is 0 Å². The molecule has 17 heavy (non-hydrogen) atoms. The largest absolute Gasteiger partial charge is 0.343 e. The molecule has 2 nitrogen and oxygen atoms in total. The first-order valence-electron chi connectivity index (χ1n) is 6.40. The van der Waals surface area contributed by atoms with Gasteiger partial charge in [0, 0.05) is 6.92 Å². The second kappa shape index (κ2) is 6.25. The summed E-state index contributed by atoms with van der Waals surface area (Å²) in [5.41, 5.74) is 3.46. The van der Waals surface area contributed by atoms with Crippen molar-refractivity contribution in [3.8, 4) is 11.5 Å². The molecule has 98 valence electrons. The Bertz CT molecular complexity index is 317. The summed E-state index contributed by atoms with van der Waals surface area (Å²) >= 11 is 0. The van der Waals surface area contributed by atoms with Crippen molar-refractivity contribution in [2.75, 3.05) is 0 Å². The van der Waals surface area contributed by atoms with Crippen molar-refractivity contribution < 1.29 is 4.79 Å². The molecule has 1 atom stereocenters. The van der Waals surface area contributed by atoms with E-state index in [0.29, 0.717) is 0 Å². The summed E-state index contributed by atoms with van der Waals surface area (Å²) in [5.74, 6) is 3.29. The molecule has 0 aliphatic rings. The fourth-order valence-corrected chi connectivity index (χ4v) is 2.08. The summed E-state index contributed by atoms with van der Waals surface area (Å²) in [6.07, 6.45) is 1.97. The molecule has 0 bridgehead atoms. The molecule has 1 N–H and O–H groups in total. The minimum atomic E-state index is -1.56. The zero-order valence-electron chi connectivity index (χ0n) is 12.4. The second-order valence-corrected chi connectivity index (χ2v) is 11.2. The summed E-state index contributed by atoms with van der Waals surface area (Å²) < 4.78 is 0. The van der Waals surface area contributed by atoms with Crippen LogP contribution in [-0.4, -0.2) is 20.0 Å². The number of amides is 1. The third kappa shape index (κ3) is 5.93. The Morgan fingerprint density at radius 3 is 2.24 bits per heavy atom. The zero-order chi connectivity index (χ0) is 13.7. The molecular formula is C14H27NOSi. The van der Waals surface area contributed by atoms with Crippen molar-refractivity contribution in [1.82, 2.24) is 5.32 Å². The Hall–Kier alpha value is -0.753. The highest BCUT2D eigenvalue weighted by atomic mass is 28.3. The molecule has 0 saturated heterocycles. The maximum atomic E-state index is 11.1. The SMILES string of the molecule is CCC[C@@H](C#C[Si](C)(C)C(C)(C)C)NC(C)=O. The van der Waals surface area contributed by atoms with Crippen LogP contribution < -0.4 is 5.32 Å². The van der Waals surface area contributed by atoms with Gasteiger partial charge in [-0.3, -0.25) is 4.79 Å². The maximum absolute atomic E-state index is 11.1. The van der Waals surface area contributed by atoms with Crippen molar-refractivity contribution in [3.63, 3.8) is 0 Å². The molecule has 0 unspecified atom stereocenters. The van der Waals surface area contributed by atoms with Crippen molar-refractivity contribution in [2.24, 2.45) is 0 Å². The molecular weight excluding hydrogens is 226 g/mol. The van der Waals surface area contributed by atoms with Gasteiger partial charge in [0.05, 0.1) is 6.04 Å². The molecule has 0 aliphatic heterocycles. The fourth-order valence-electron chi connectivity index (χ4n) is 1.17. The number of carbonyl (C=O) groups excluding carboxylic acids is 1. The zero-order valence-corrected chi connectivity index (χ0v) is 13.4. The monoisotopic (exact) mass is 253 g/mol. The molecule has 0 saturated carbocycles. The molecule has 0 fully saturated rings. The highest BCUT2D eigenvalue weighted by Crippen LogP contribution is 2.35. The normalized spacial score (nSPS) is 13.6. The predicted octanol–water partition coefficient (Wildman–Crippen LogP) is 3.34. The van der Waals surface area contributed by atoms with Crippen LogP contribution in [0.15, 0.2) is 0 Å². The first-order chi connectivity index (χ1) is 7.60. The topological polar surface area (TPSA) is 29.1 Å². The van der Waals surface area contributed by atoms with Crippen molar-refractivity contribution >= 4 is 14.0 Å². The van der Waals surface area contributed by atoms with Crippen LogP contribution in [0.5, 0.6) is 0 Å². The number of rotatable bonds is 3. The van der Waals surface area contributed by atoms with Crippen LogP contribution in [0.25, 0.3) is 0 Å². The quantitative estimate of drug-likeness (QED) is 0.606. The van der Waals surface area contributed by atoms with E-state index in [0.717, 1.165) is 12.8 Å². The van der Waals surface area contributed by atoms with Crippen molar-refractivity contribution in [2.45, 2.75) is 71.6 Å². The van der Waals surface area contributed by atoms with Gasteiger partial charge in [0.15, 0.2) is 0 Å². The fraction of sp³-hybridized carbons (Fsp3) is 0.786. The van der Waals surface area contributed by atoms with Crippen molar-refractivity contribution in [1.29, 1.82) is 0 Å². The Balaban J connectivity index is 4.81. The lowest BCUT2D eigenvalue weighted by Gasteiger charge is -2.31. The van der Waals surface area contributed by atoms with Gasteiger partial charge in [0.25, 0.3) is 0 Å². The molecule has 0 spiro atoms. The molecule has 3 heteroatoms. The van der Waals surface area contributed by atoms with E-state index in [1.165, 1.54) is 0 Å². The Labute approximate surface area is 108 Å². The van der Waals surface area contributed by atoms with Crippen molar-refractivity contribution in [3.05, 3.63) is 0 Å². The molecule has 0 rings (SSSR count). The summed E-state index contributed by atoms with van der Waals surface area (Å²) in [7, 11) is -1.56. The lowest BCUT2D eigenvalue weighted by atomic mass is 10.2. The summed E-state index contributed by atoms with van der Waals surface area (Å²) in [6.45, 7) is 15.0. The van der Waals surface area contributed by atoms with Crippen LogP contribution in [-0.2, 0) is 4.79 Å². The minimum absolute atomic E-state index is 0.00739. The molecule has 0 radical (unpaired) electrons. The Morgan fingerprint density at radius 2 is 1.88 bits per heavy atom. The van der Waals surface area contributed by atoms with E-state index in [4.69, 9.17) is 0 Å². The smallest absolute Gasteiger partial charge is 0.217 e. The van der Waals surface area contributed by atoms with Gasteiger partial charge >= 0.3 is 0 Å². The van der Waals surface area contributed by atoms with E-state index < -0.39 is 8.07 Å². The van der Waals surface area contributed by atoms with Gasteiger partial charge < -0.3 is 5.32 Å². The molecule has 0 aromatic heterocycles. The first-order valence-corrected chi connectivity index (χ1v) is 9.40. The third-order valence-corrected chi connectivity index (χ3v) is 7.91. The summed E-state index contributed by atoms with van der Waals surface area (Å²) in [5, 5.41) is 3.19. The highest BCUT2D eigenvalue weighted by molar-refractivity contribution is 6.87. The predicted molar refractivity (Wildman–Crippen MR) is 77.5 cm³/mol. The average Bonchev–Trinajstić information content (AvgIpc) is 2.12. The molecule has 0 heterocycles. The number of hydrogen-bond donors (Lipinski definition) is 1. The summed E-state index contributed by atoms with van der Waals surface area (Å²) in [6, 6.07) is 0.0200. The van der Waals surface area contributed by atoms with Crippen LogP contribution in [0.2, 0.25) is 18.1 Å². The van der Waals surface area contributed by atoms with E-state index in [9.17, 15) is 4.79 Å². The van der Waals surface area contributed by atoms with Gasteiger partial charge in [0.1, 0.15) is 8.07 Å². The highest BCUT2D eigenvalue weighted by Gasteiger charge is 2.33. The molecule has 0 aromatic carbocycles. The van der Waals surface area contributed by atoms with Crippen LogP contribution in [0.4, 0.5) is 0 Å². The minimum Gasteiger partial charge on any atom is -0.343 e. The van der Waals surface area contributed by atoms with E-state index in [-0.39, 0.29) is 17.0 Å². The van der Waals surface area contributed by atoms with Gasteiger partial charge in [-0.2, -0.15) is 0 Å². The van der Waals surface area contributed by atoms with E-state index in [2.05, 4.69) is 57.6 Å². The number of hydrogen-bond acceptors (Lipinski definition) is 1. The standard InChI is InChI=1S/C14H27NOSi/c1-8-9-13(15-12(2)16)10-11-17(6,7)14(3,4)5/h13H,8-9H2,1-7H3,(H,15,16)/t13-/m0/s1. The second-order valence-electron chi connectivity index (χ2n) is 6.19. The number of carbonyl (C=O) groups is 1. The third-order valence-electron chi connectivity index (χ3n) is 3.39. The number of nitrogens with one attached hydrogen (secondary N) is 1. The molecule has 1 amide bonds. The van der Waals surface area contributed by atoms with Crippen LogP contribution in [0, 0.1) is 11.5 Å². The summed E-state index contributed by atoms with van der Waals surface area (Å²) in [4.78, 5) is 11.1. The first kappa shape index (κ1) is 16.2. The lowest BCUT2D eigenvalue weighted by molar-refractivity contribution is -0.119. The van der Waals surface area contributed by atoms with Gasteiger partial charge in [-0.15, -0.1) is 5.54 Å². The molecule has 0 aromatic rings. The van der Waals surface area contributed by atoms with E-state index in [1.54, 1.807) is 6.92 Å². The lowest BCUT2D eigenvalue weighted by Crippen LogP contribution is -2.37. The average molecular weight is 253 g/mol. The van der Waals surface area contributed by atoms with Crippen LogP contribution >= 0.6 is 0 Å². The van der Waals surface area contributed by atoms with Crippen LogP contribution in [0.1, 0.15) is 47.5 Å². The van der Waals surface area contributed by atoms with Crippen LogP contribution in [0.3, 0.4) is 0 Å². The van der Waals surface area contributed by atoms with Gasteiger partial charge in [-0.25, -0.2) is 0 Å². The molecule has 0 aliphatic carbocycles. The van der Waals surface area contributed by atoms with Gasteiger partial charge in [0.2, 0.25) is 5.91 Å². The van der Waals surface area contributed by atoms with E-state index >= 15 is 0 Å².